The van der Waals surface area contributed by atoms with Crippen LogP contribution in [0.4, 0.5) is 5.69 Å². The van der Waals surface area contributed by atoms with Crippen molar-refractivity contribution in [1.82, 2.24) is 4.90 Å². The zero-order valence-corrected chi connectivity index (χ0v) is 16.0. The number of carbonyl (C=O) groups is 2. The third-order valence-electron chi connectivity index (χ3n) is 3.95. The highest BCUT2D eigenvalue weighted by molar-refractivity contribution is 5.92. The van der Waals surface area contributed by atoms with Crippen LogP contribution in [-0.4, -0.2) is 50.6 Å². The maximum absolute atomic E-state index is 12.4. The summed E-state index contributed by atoms with van der Waals surface area (Å²) >= 11 is 0. The molecule has 0 saturated heterocycles. The summed E-state index contributed by atoms with van der Waals surface area (Å²) < 4.78 is 10.5. The quantitative estimate of drug-likeness (QED) is 0.651. The lowest BCUT2D eigenvalue weighted by Gasteiger charge is -2.25. The van der Waals surface area contributed by atoms with Gasteiger partial charge in [0, 0.05) is 44.7 Å². The van der Waals surface area contributed by atoms with E-state index in [0.717, 1.165) is 25.9 Å². The molecule has 0 aliphatic rings. The van der Waals surface area contributed by atoms with Crippen LogP contribution in [0, 0.1) is 0 Å². The summed E-state index contributed by atoms with van der Waals surface area (Å²) in [5.41, 5.74) is 0.690. The lowest BCUT2D eigenvalue weighted by Crippen LogP contribution is -2.37. The molecule has 6 heteroatoms. The molecule has 140 valence electrons. The van der Waals surface area contributed by atoms with Gasteiger partial charge in [0.05, 0.1) is 14.2 Å². The van der Waals surface area contributed by atoms with Crippen molar-refractivity contribution in [2.75, 3.05) is 38.8 Å². The molecule has 0 unspecified atom stereocenters. The minimum Gasteiger partial charge on any atom is -0.493 e. The van der Waals surface area contributed by atoms with Gasteiger partial charge in [-0.3, -0.25) is 9.59 Å². The van der Waals surface area contributed by atoms with E-state index in [9.17, 15) is 9.59 Å². The van der Waals surface area contributed by atoms with Crippen LogP contribution in [0.15, 0.2) is 18.2 Å². The van der Waals surface area contributed by atoms with E-state index in [2.05, 4.69) is 13.8 Å². The first-order valence-electron chi connectivity index (χ1n) is 8.76. The number of ether oxygens (including phenoxy) is 2. The summed E-state index contributed by atoms with van der Waals surface area (Å²) in [6.45, 7) is 7.46. The lowest BCUT2D eigenvalue weighted by molar-refractivity contribution is -0.131. The minimum absolute atomic E-state index is 0.0791. The zero-order chi connectivity index (χ0) is 18.8. The Kier molecular flexibility index (Phi) is 8.81. The molecule has 0 aliphatic heterocycles. The van der Waals surface area contributed by atoms with Gasteiger partial charge in [0.25, 0.3) is 0 Å². The summed E-state index contributed by atoms with van der Waals surface area (Å²) in [6, 6.07) is 5.30. The highest BCUT2D eigenvalue weighted by Gasteiger charge is 2.18. The van der Waals surface area contributed by atoms with E-state index in [1.165, 1.54) is 6.92 Å². The molecular formula is C19H30N2O4. The molecule has 6 nitrogen and oxygen atoms in total. The number of hydrogen-bond donors (Lipinski definition) is 0. The summed E-state index contributed by atoms with van der Waals surface area (Å²) in [5, 5.41) is 0. The van der Waals surface area contributed by atoms with Crippen LogP contribution in [0.5, 0.6) is 11.5 Å². The molecular weight excluding hydrogens is 320 g/mol. The summed E-state index contributed by atoms with van der Waals surface area (Å²) in [6.07, 6.45) is 2.16. The Bertz CT molecular complexity index is 569. The van der Waals surface area contributed by atoms with Crippen molar-refractivity contribution in [3.05, 3.63) is 18.2 Å². The molecule has 1 aromatic rings. The van der Waals surface area contributed by atoms with E-state index < -0.39 is 0 Å². The summed E-state index contributed by atoms with van der Waals surface area (Å²) in [5.74, 6) is 1.12. The van der Waals surface area contributed by atoms with Crippen molar-refractivity contribution < 1.29 is 19.1 Å². The second-order valence-electron chi connectivity index (χ2n) is 5.84. The van der Waals surface area contributed by atoms with Crippen LogP contribution in [0.25, 0.3) is 0 Å². The monoisotopic (exact) mass is 350 g/mol. The molecule has 0 aliphatic carbocycles. The fourth-order valence-electron chi connectivity index (χ4n) is 2.73. The van der Waals surface area contributed by atoms with Crippen LogP contribution in [0.3, 0.4) is 0 Å². The minimum atomic E-state index is -0.113. The van der Waals surface area contributed by atoms with E-state index in [-0.39, 0.29) is 11.8 Å². The third kappa shape index (κ3) is 5.96. The number of carbonyl (C=O) groups excluding carboxylic acids is 2. The molecule has 2 amide bonds. The second-order valence-corrected chi connectivity index (χ2v) is 5.84. The van der Waals surface area contributed by atoms with Gasteiger partial charge in [0.2, 0.25) is 11.8 Å². The number of amides is 2. The van der Waals surface area contributed by atoms with E-state index in [0.29, 0.717) is 30.2 Å². The molecule has 25 heavy (non-hydrogen) atoms. The molecule has 0 aromatic heterocycles. The number of methoxy groups -OCH3 is 2. The predicted octanol–water partition coefficient (Wildman–Crippen LogP) is 3.10. The molecule has 0 atom stereocenters. The highest BCUT2D eigenvalue weighted by atomic mass is 16.5. The van der Waals surface area contributed by atoms with Gasteiger partial charge in [0.1, 0.15) is 0 Å². The van der Waals surface area contributed by atoms with Gasteiger partial charge in [-0.05, 0) is 25.0 Å². The normalized spacial score (nSPS) is 10.3. The van der Waals surface area contributed by atoms with E-state index >= 15 is 0 Å². The number of anilines is 1. The van der Waals surface area contributed by atoms with E-state index in [4.69, 9.17) is 9.47 Å². The smallest absolute Gasteiger partial charge is 0.224 e. The van der Waals surface area contributed by atoms with Crippen LogP contribution < -0.4 is 14.4 Å². The van der Waals surface area contributed by atoms with Crippen LogP contribution >= 0.6 is 0 Å². The number of rotatable bonds is 10. The summed E-state index contributed by atoms with van der Waals surface area (Å²) in [7, 11) is 3.12. The van der Waals surface area contributed by atoms with Crippen molar-refractivity contribution in [1.29, 1.82) is 0 Å². The Morgan fingerprint density at radius 3 is 2.04 bits per heavy atom. The fraction of sp³-hybridized carbons (Fsp3) is 0.579. The van der Waals surface area contributed by atoms with Gasteiger partial charge in [-0.2, -0.15) is 0 Å². The van der Waals surface area contributed by atoms with Gasteiger partial charge < -0.3 is 19.3 Å². The molecule has 0 N–H and O–H groups in total. The number of hydrogen-bond acceptors (Lipinski definition) is 4. The summed E-state index contributed by atoms with van der Waals surface area (Å²) in [4.78, 5) is 28.0. The third-order valence-corrected chi connectivity index (χ3v) is 3.95. The average molecular weight is 350 g/mol. The predicted molar refractivity (Wildman–Crippen MR) is 99.4 cm³/mol. The highest BCUT2D eigenvalue weighted by Crippen LogP contribution is 2.31. The maximum atomic E-state index is 12.4. The van der Waals surface area contributed by atoms with Crippen LogP contribution in [0.1, 0.15) is 40.0 Å². The van der Waals surface area contributed by atoms with Crippen molar-refractivity contribution in [2.45, 2.75) is 40.0 Å². The number of nitrogens with zero attached hydrogens (tertiary/aromatic N) is 2. The molecule has 0 radical (unpaired) electrons. The van der Waals surface area contributed by atoms with Gasteiger partial charge in [-0.25, -0.2) is 0 Å². The van der Waals surface area contributed by atoms with Crippen LogP contribution in [-0.2, 0) is 9.59 Å². The first kappa shape index (κ1) is 20.8. The molecule has 0 heterocycles. The molecule has 0 saturated carbocycles. The van der Waals surface area contributed by atoms with Gasteiger partial charge in [0.15, 0.2) is 11.5 Å². The second kappa shape index (κ2) is 10.6. The largest absolute Gasteiger partial charge is 0.493 e. The first-order valence-corrected chi connectivity index (χ1v) is 8.76. The molecule has 0 spiro atoms. The zero-order valence-electron chi connectivity index (χ0n) is 16.0. The first-order chi connectivity index (χ1) is 12.0. The Morgan fingerprint density at radius 2 is 1.56 bits per heavy atom. The SMILES string of the molecule is CCCN(CCC)C(=O)CCN(C(C)=O)c1ccc(OC)c(OC)c1. The van der Waals surface area contributed by atoms with Crippen molar-refractivity contribution in [2.24, 2.45) is 0 Å². The van der Waals surface area contributed by atoms with Gasteiger partial charge in [-0.15, -0.1) is 0 Å². The molecule has 1 rings (SSSR count). The van der Waals surface area contributed by atoms with Gasteiger partial charge in [-0.1, -0.05) is 13.8 Å². The van der Waals surface area contributed by atoms with E-state index in [1.807, 2.05) is 4.90 Å². The molecule has 1 aromatic carbocycles. The van der Waals surface area contributed by atoms with Crippen molar-refractivity contribution >= 4 is 17.5 Å². The topological polar surface area (TPSA) is 59.1 Å². The average Bonchev–Trinajstić information content (AvgIpc) is 2.60. The molecule has 0 bridgehead atoms. The Morgan fingerprint density at radius 1 is 0.960 bits per heavy atom. The standard InChI is InChI=1S/C19H30N2O4/c1-6-11-20(12-7-2)19(23)10-13-21(15(3)22)16-8-9-17(24-4)18(14-16)25-5/h8-9,14H,6-7,10-13H2,1-5H3. The lowest BCUT2D eigenvalue weighted by atomic mass is 10.2. The van der Waals surface area contributed by atoms with Crippen molar-refractivity contribution in [3.8, 4) is 11.5 Å². The maximum Gasteiger partial charge on any atom is 0.224 e. The Labute approximate surface area is 150 Å². The van der Waals surface area contributed by atoms with Crippen LogP contribution in [0.2, 0.25) is 0 Å². The Hall–Kier alpha value is -2.24. The molecule has 0 fully saturated rings. The van der Waals surface area contributed by atoms with E-state index in [1.54, 1.807) is 37.3 Å². The van der Waals surface area contributed by atoms with Crippen molar-refractivity contribution in [3.63, 3.8) is 0 Å². The van der Waals surface area contributed by atoms with Gasteiger partial charge >= 0.3 is 0 Å². The number of benzene rings is 1. The Balaban J connectivity index is 2.87. The fourth-order valence-corrected chi connectivity index (χ4v) is 2.73.